The molecule has 19 heavy (non-hydrogen) atoms. The van der Waals surface area contributed by atoms with E-state index >= 15 is 0 Å². The Kier molecular flexibility index (Phi) is 3.91. The van der Waals surface area contributed by atoms with E-state index in [0.717, 1.165) is 12.8 Å². The number of benzene rings is 1. The Morgan fingerprint density at radius 3 is 2.47 bits per heavy atom. The summed E-state index contributed by atoms with van der Waals surface area (Å²) in [5, 5.41) is 3.72. The van der Waals surface area contributed by atoms with Crippen LogP contribution < -0.4 is 5.32 Å². The van der Waals surface area contributed by atoms with E-state index in [4.69, 9.17) is 4.74 Å². The van der Waals surface area contributed by atoms with E-state index < -0.39 is 0 Å². The van der Waals surface area contributed by atoms with E-state index in [0.29, 0.717) is 6.04 Å². The first-order chi connectivity index (χ1) is 8.84. The van der Waals surface area contributed by atoms with Crippen molar-refractivity contribution in [2.75, 3.05) is 5.32 Å². The molecule has 0 bridgehead atoms. The quantitative estimate of drug-likeness (QED) is 0.867. The molecule has 0 aliphatic carbocycles. The fourth-order valence-electron chi connectivity index (χ4n) is 3.12. The normalized spacial score (nSPS) is 24.4. The van der Waals surface area contributed by atoms with Gasteiger partial charge in [-0.1, -0.05) is 31.5 Å². The number of para-hydroxylation sites is 1. The molecule has 1 N–H and O–H groups in total. The fraction of sp³-hybridized carbons (Fsp3) is 0.647. The lowest BCUT2D eigenvalue weighted by molar-refractivity contribution is -0.0662. The Hall–Kier alpha value is -1.02. The van der Waals surface area contributed by atoms with E-state index in [1.165, 1.54) is 17.7 Å². The standard InChI is InChI=1S/C17H27NO/c1-6-9-13-10-7-8-11-14(13)18-15-12-16(2,3)19-17(15,4)5/h7-8,10-11,15,18H,6,9,12H2,1-5H3. The average Bonchev–Trinajstić information content (AvgIpc) is 2.50. The van der Waals surface area contributed by atoms with Crippen molar-refractivity contribution in [1.29, 1.82) is 0 Å². The number of hydrogen-bond donors (Lipinski definition) is 1. The molecule has 1 aromatic rings. The van der Waals surface area contributed by atoms with E-state index in [-0.39, 0.29) is 11.2 Å². The van der Waals surface area contributed by atoms with Crippen molar-refractivity contribution in [3.63, 3.8) is 0 Å². The topological polar surface area (TPSA) is 21.3 Å². The van der Waals surface area contributed by atoms with Crippen LogP contribution in [0.2, 0.25) is 0 Å². The Bertz CT molecular complexity index is 437. The number of anilines is 1. The van der Waals surface area contributed by atoms with E-state index in [1.807, 2.05) is 0 Å². The third-order valence-corrected chi connectivity index (χ3v) is 3.94. The van der Waals surface area contributed by atoms with Crippen molar-refractivity contribution < 1.29 is 4.74 Å². The van der Waals surface area contributed by atoms with Gasteiger partial charge in [0.25, 0.3) is 0 Å². The predicted octanol–water partition coefficient (Wildman–Crippen LogP) is 4.40. The van der Waals surface area contributed by atoms with Gasteiger partial charge in [-0.05, 0) is 52.2 Å². The van der Waals surface area contributed by atoms with Crippen molar-refractivity contribution in [3.05, 3.63) is 29.8 Å². The molecular formula is C17H27NO. The van der Waals surface area contributed by atoms with Crippen molar-refractivity contribution in [3.8, 4) is 0 Å². The van der Waals surface area contributed by atoms with Crippen LogP contribution in [0.25, 0.3) is 0 Å². The molecule has 1 saturated heterocycles. The van der Waals surface area contributed by atoms with Crippen LogP contribution in [0.5, 0.6) is 0 Å². The SMILES string of the molecule is CCCc1ccccc1NC1CC(C)(C)OC1(C)C. The van der Waals surface area contributed by atoms with Crippen LogP contribution in [-0.4, -0.2) is 17.2 Å². The number of nitrogens with one attached hydrogen (secondary N) is 1. The molecule has 0 saturated carbocycles. The molecule has 2 rings (SSSR count). The lowest BCUT2D eigenvalue weighted by Gasteiger charge is -2.29. The molecule has 1 heterocycles. The summed E-state index contributed by atoms with van der Waals surface area (Å²) in [7, 11) is 0. The maximum Gasteiger partial charge on any atom is 0.0834 e. The fourth-order valence-corrected chi connectivity index (χ4v) is 3.12. The molecule has 1 aliphatic heterocycles. The predicted molar refractivity (Wildman–Crippen MR) is 81.7 cm³/mol. The van der Waals surface area contributed by atoms with Gasteiger partial charge in [-0.25, -0.2) is 0 Å². The van der Waals surface area contributed by atoms with Gasteiger partial charge in [0.05, 0.1) is 17.2 Å². The summed E-state index contributed by atoms with van der Waals surface area (Å²) < 4.78 is 6.16. The van der Waals surface area contributed by atoms with Gasteiger partial charge >= 0.3 is 0 Å². The zero-order valence-electron chi connectivity index (χ0n) is 12.9. The highest BCUT2D eigenvalue weighted by Crippen LogP contribution is 2.39. The Labute approximate surface area is 117 Å². The summed E-state index contributed by atoms with van der Waals surface area (Å²) in [4.78, 5) is 0. The van der Waals surface area contributed by atoms with Gasteiger partial charge in [0.1, 0.15) is 0 Å². The number of aryl methyl sites for hydroxylation is 1. The average molecular weight is 261 g/mol. The minimum absolute atomic E-state index is 0.0408. The Morgan fingerprint density at radius 1 is 1.21 bits per heavy atom. The molecule has 0 aromatic heterocycles. The van der Waals surface area contributed by atoms with Crippen molar-refractivity contribution in [2.45, 2.75) is 71.1 Å². The summed E-state index contributed by atoms with van der Waals surface area (Å²) in [6.45, 7) is 10.9. The van der Waals surface area contributed by atoms with Gasteiger partial charge in [0, 0.05) is 5.69 Å². The van der Waals surface area contributed by atoms with Crippen molar-refractivity contribution >= 4 is 5.69 Å². The highest BCUT2D eigenvalue weighted by molar-refractivity contribution is 5.52. The second-order valence-electron chi connectivity index (χ2n) is 6.77. The molecule has 0 amide bonds. The highest BCUT2D eigenvalue weighted by atomic mass is 16.5. The molecule has 2 nitrogen and oxygen atoms in total. The molecule has 1 unspecified atom stereocenters. The number of hydrogen-bond acceptors (Lipinski definition) is 2. The summed E-state index contributed by atoms with van der Waals surface area (Å²) in [6.07, 6.45) is 3.34. The van der Waals surface area contributed by atoms with Gasteiger partial charge in [-0.2, -0.15) is 0 Å². The van der Waals surface area contributed by atoms with Crippen LogP contribution in [0.1, 0.15) is 53.0 Å². The molecular weight excluding hydrogens is 234 g/mol. The molecule has 0 spiro atoms. The van der Waals surface area contributed by atoms with Crippen LogP contribution in [0.15, 0.2) is 24.3 Å². The largest absolute Gasteiger partial charge is 0.379 e. The first-order valence-corrected chi connectivity index (χ1v) is 7.39. The van der Waals surface area contributed by atoms with Crippen LogP contribution in [0.4, 0.5) is 5.69 Å². The van der Waals surface area contributed by atoms with Crippen LogP contribution in [-0.2, 0) is 11.2 Å². The Morgan fingerprint density at radius 2 is 1.89 bits per heavy atom. The second kappa shape index (κ2) is 5.16. The zero-order valence-corrected chi connectivity index (χ0v) is 12.9. The maximum atomic E-state index is 6.16. The van der Waals surface area contributed by atoms with Crippen molar-refractivity contribution in [1.82, 2.24) is 0 Å². The summed E-state index contributed by atoms with van der Waals surface area (Å²) in [5.41, 5.74) is 2.51. The third-order valence-electron chi connectivity index (χ3n) is 3.94. The van der Waals surface area contributed by atoms with Crippen LogP contribution >= 0.6 is 0 Å². The number of ether oxygens (including phenoxy) is 1. The lowest BCUT2D eigenvalue weighted by atomic mass is 9.93. The minimum Gasteiger partial charge on any atom is -0.379 e. The highest BCUT2D eigenvalue weighted by Gasteiger charge is 2.45. The molecule has 0 radical (unpaired) electrons. The summed E-state index contributed by atoms with van der Waals surface area (Å²) in [6, 6.07) is 9.00. The Balaban J connectivity index is 2.17. The van der Waals surface area contributed by atoms with E-state index in [9.17, 15) is 0 Å². The molecule has 1 fully saturated rings. The van der Waals surface area contributed by atoms with Gasteiger partial charge in [0.15, 0.2) is 0 Å². The maximum absolute atomic E-state index is 6.16. The van der Waals surface area contributed by atoms with Gasteiger partial charge < -0.3 is 10.1 Å². The first kappa shape index (κ1) is 14.4. The number of rotatable bonds is 4. The van der Waals surface area contributed by atoms with Gasteiger partial charge in [-0.3, -0.25) is 0 Å². The molecule has 2 heteroatoms. The van der Waals surface area contributed by atoms with E-state index in [1.54, 1.807) is 0 Å². The van der Waals surface area contributed by atoms with Crippen LogP contribution in [0, 0.1) is 0 Å². The van der Waals surface area contributed by atoms with Crippen molar-refractivity contribution in [2.24, 2.45) is 0 Å². The third kappa shape index (κ3) is 3.30. The first-order valence-electron chi connectivity index (χ1n) is 7.39. The lowest BCUT2D eigenvalue weighted by Crippen LogP contribution is -2.38. The molecule has 1 aromatic carbocycles. The molecule has 106 valence electrons. The zero-order chi connectivity index (χ0) is 14.1. The minimum atomic E-state index is -0.122. The summed E-state index contributed by atoms with van der Waals surface area (Å²) >= 11 is 0. The van der Waals surface area contributed by atoms with Gasteiger partial charge in [-0.15, -0.1) is 0 Å². The summed E-state index contributed by atoms with van der Waals surface area (Å²) in [5.74, 6) is 0. The van der Waals surface area contributed by atoms with Crippen LogP contribution in [0.3, 0.4) is 0 Å². The van der Waals surface area contributed by atoms with E-state index in [2.05, 4.69) is 64.2 Å². The monoisotopic (exact) mass is 261 g/mol. The smallest absolute Gasteiger partial charge is 0.0834 e. The molecule has 1 atom stereocenters. The molecule has 1 aliphatic rings. The second-order valence-corrected chi connectivity index (χ2v) is 6.77. The van der Waals surface area contributed by atoms with Gasteiger partial charge in [0.2, 0.25) is 0 Å².